The number of nitriles is 1. The molecule has 0 aromatic carbocycles. The summed E-state index contributed by atoms with van der Waals surface area (Å²) >= 11 is 0. The molecule has 1 aliphatic carbocycles. The first kappa shape index (κ1) is 12.4. The highest BCUT2D eigenvalue weighted by Gasteiger charge is 2.45. The van der Waals surface area contributed by atoms with E-state index >= 15 is 0 Å². The van der Waals surface area contributed by atoms with Crippen LogP contribution in [0.2, 0.25) is 0 Å². The molecule has 94 valence electrons. The molecule has 0 N–H and O–H groups in total. The number of hydrogen-bond donors (Lipinski definition) is 0. The molecule has 2 aliphatic rings. The first-order valence-electron chi connectivity index (χ1n) is 6.78. The summed E-state index contributed by atoms with van der Waals surface area (Å²) < 4.78 is 0. The quantitative estimate of drug-likeness (QED) is 0.700. The largest absolute Gasteiger partial charge is 0.341 e. The van der Waals surface area contributed by atoms with Crippen LogP contribution in [0.4, 0.5) is 0 Å². The lowest BCUT2D eigenvalue weighted by Crippen LogP contribution is -2.48. The lowest BCUT2D eigenvalue weighted by molar-refractivity contribution is -0.141. The first-order valence-corrected chi connectivity index (χ1v) is 6.78. The second-order valence-corrected chi connectivity index (χ2v) is 6.06. The molecule has 2 fully saturated rings. The average molecular weight is 234 g/mol. The van der Waals surface area contributed by atoms with Gasteiger partial charge in [0, 0.05) is 13.1 Å². The molecule has 0 spiro atoms. The van der Waals surface area contributed by atoms with Crippen molar-refractivity contribution in [2.75, 3.05) is 13.1 Å². The molecule has 0 radical (unpaired) electrons. The summed E-state index contributed by atoms with van der Waals surface area (Å²) in [6.45, 7) is 6.08. The molecule has 1 saturated carbocycles. The summed E-state index contributed by atoms with van der Waals surface area (Å²) in [6.07, 6.45) is 4.78. The molecule has 17 heavy (non-hydrogen) atoms. The van der Waals surface area contributed by atoms with Crippen molar-refractivity contribution in [3.8, 4) is 6.07 Å². The van der Waals surface area contributed by atoms with Crippen LogP contribution in [0.1, 0.15) is 46.0 Å². The van der Waals surface area contributed by atoms with E-state index in [0.717, 1.165) is 38.8 Å². The van der Waals surface area contributed by atoms with Gasteiger partial charge in [0.15, 0.2) is 0 Å². The molecule has 0 aromatic heterocycles. The van der Waals surface area contributed by atoms with Crippen LogP contribution in [-0.2, 0) is 4.79 Å². The van der Waals surface area contributed by atoms with E-state index in [2.05, 4.69) is 19.9 Å². The minimum absolute atomic E-state index is 0.107. The summed E-state index contributed by atoms with van der Waals surface area (Å²) in [7, 11) is 0. The van der Waals surface area contributed by atoms with Crippen LogP contribution in [0, 0.1) is 28.6 Å². The molecular formula is C14H22N2O. The third-order valence-electron chi connectivity index (χ3n) is 4.24. The molecule has 1 saturated heterocycles. The van der Waals surface area contributed by atoms with Gasteiger partial charge in [0.05, 0.1) is 6.07 Å². The SMILES string of the molecule is C[C@@H]1C[C@H](C)CN(C(=O)C2(C#N)CCCC2)C1. The molecule has 1 heterocycles. The third-order valence-corrected chi connectivity index (χ3v) is 4.24. The van der Waals surface area contributed by atoms with Gasteiger partial charge in [-0.25, -0.2) is 0 Å². The van der Waals surface area contributed by atoms with E-state index in [1.165, 1.54) is 6.42 Å². The van der Waals surface area contributed by atoms with Gasteiger partial charge in [0.2, 0.25) is 5.91 Å². The van der Waals surface area contributed by atoms with E-state index in [1.54, 1.807) is 0 Å². The van der Waals surface area contributed by atoms with Crippen LogP contribution in [0.3, 0.4) is 0 Å². The van der Waals surface area contributed by atoms with Gasteiger partial charge in [-0.1, -0.05) is 26.7 Å². The minimum atomic E-state index is -0.684. The van der Waals surface area contributed by atoms with Gasteiger partial charge in [-0.05, 0) is 31.1 Å². The number of piperidine rings is 1. The molecule has 0 aromatic rings. The van der Waals surface area contributed by atoms with Gasteiger partial charge >= 0.3 is 0 Å². The van der Waals surface area contributed by atoms with E-state index in [1.807, 2.05) is 4.90 Å². The Morgan fingerprint density at radius 1 is 1.24 bits per heavy atom. The Kier molecular flexibility index (Phi) is 3.42. The molecule has 0 bridgehead atoms. The van der Waals surface area contributed by atoms with E-state index in [-0.39, 0.29) is 5.91 Å². The lowest BCUT2D eigenvalue weighted by atomic mass is 9.84. The Morgan fingerprint density at radius 2 is 1.76 bits per heavy atom. The molecule has 0 unspecified atom stereocenters. The monoisotopic (exact) mass is 234 g/mol. The highest BCUT2D eigenvalue weighted by molar-refractivity contribution is 5.86. The standard InChI is InChI=1S/C14H22N2O/c1-11-7-12(2)9-16(8-11)13(17)14(10-15)5-3-4-6-14/h11-12H,3-9H2,1-2H3/t11-,12+. The molecular weight excluding hydrogens is 212 g/mol. The zero-order chi connectivity index (χ0) is 12.5. The van der Waals surface area contributed by atoms with Crippen molar-refractivity contribution in [3.05, 3.63) is 0 Å². The van der Waals surface area contributed by atoms with Crippen molar-refractivity contribution in [2.45, 2.75) is 46.0 Å². The zero-order valence-corrected chi connectivity index (χ0v) is 10.9. The van der Waals surface area contributed by atoms with Gasteiger partial charge in [0.25, 0.3) is 0 Å². The van der Waals surface area contributed by atoms with E-state index in [4.69, 9.17) is 0 Å². The summed E-state index contributed by atoms with van der Waals surface area (Å²) in [4.78, 5) is 14.5. The van der Waals surface area contributed by atoms with Gasteiger partial charge in [0.1, 0.15) is 5.41 Å². The maximum absolute atomic E-state index is 12.5. The van der Waals surface area contributed by atoms with Crippen LogP contribution >= 0.6 is 0 Å². The van der Waals surface area contributed by atoms with Crippen molar-refractivity contribution in [3.63, 3.8) is 0 Å². The van der Waals surface area contributed by atoms with Crippen LogP contribution in [0.15, 0.2) is 0 Å². The lowest BCUT2D eigenvalue weighted by Gasteiger charge is -2.38. The summed E-state index contributed by atoms with van der Waals surface area (Å²) in [6, 6.07) is 2.31. The average Bonchev–Trinajstić information content (AvgIpc) is 2.76. The summed E-state index contributed by atoms with van der Waals surface area (Å²) in [5.74, 6) is 1.25. The molecule has 3 heteroatoms. The second kappa shape index (κ2) is 4.68. The molecule has 2 atom stereocenters. The fourth-order valence-corrected chi connectivity index (χ4v) is 3.48. The Morgan fingerprint density at radius 3 is 2.24 bits per heavy atom. The fourth-order valence-electron chi connectivity index (χ4n) is 3.48. The number of likely N-dealkylation sites (tertiary alicyclic amines) is 1. The van der Waals surface area contributed by atoms with Gasteiger partial charge in [-0.3, -0.25) is 4.79 Å². The Hall–Kier alpha value is -1.04. The number of rotatable bonds is 1. The Bertz CT molecular complexity index is 329. The topological polar surface area (TPSA) is 44.1 Å². The van der Waals surface area contributed by atoms with Gasteiger partial charge in [-0.15, -0.1) is 0 Å². The predicted molar refractivity (Wildman–Crippen MR) is 66.0 cm³/mol. The van der Waals surface area contributed by atoms with Crippen LogP contribution in [-0.4, -0.2) is 23.9 Å². The maximum Gasteiger partial charge on any atom is 0.243 e. The molecule has 1 amide bonds. The van der Waals surface area contributed by atoms with Crippen molar-refractivity contribution in [2.24, 2.45) is 17.3 Å². The van der Waals surface area contributed by atoms with E-state index in [9.17, 15) is 10.1 Å². The Labute approximate surface area is 104 Å². The van der Waals surface area contributed by atoms with Crippen LogP contribution < -0.4 is 0 Å². The van der Waals surface area contributed by atoms with Crippen LogP contribution in [0.5, 0.6) is 0 Å². The Balaban J connectivity index is 2.11. The fraction of sp³-hybridized carbons (Fsp3) is 0.857. The van der Waals surface area contributed by atoms with Gasteiger partial charge < -0.3 is 4.90 Å². The maximum atomic E-state index is 12.5. The summed E-state index contributed by atoms with van der Waals surface area (Å²) in [5, 5.41) is 9.35. The van der Waals surface area contributed by atoms with Crippen molar-refractivity contribution in [1.29, 1.82) is 5.26 Å². The molecule has 3 nitrogen and oxygen atoms in total. The number of amides is 1. The van der Waals surface area contributed by atoms with E-state index < -0.39 is 5.41 Å². The summed E-state index contributed by atoms with van der Waals surface area (Å²) in [5.41, 5.74) is -0.684. The van der Waals surface area contributed by atoms with E-state index in [0.29, 0.717) is 11.8 Å². The van der Waals surface area contributed by atoms with Crippen molar-refractivity contribution >= 4 is 5.91 Å². The first-order chi connectivity index (χ1) is 8.07. The van der Waals surface area contributed by atoms with Gasteiger partial charge in [-0.2, -0.15) is 5.26 Å². The zero-order valence-electron chi connectivity index (χ0n) is 10.9. The highest BCUT2D eigenvalue weighted by Crippen LogP contribution is 2.40. The normalized spacial score (nSPS) is 32.2. The minimum Gasteiger partial charge on any atom is -0.341 e. The van der Waals surface area contributed by atoms with Crippen LogP contribution in [0.25, 0.3) is 0 Å². The predicted octanol–water partition coefficient (Wildman–Crippen LogP) is 2.57. The van der Waals surface area contributed by atoms with Crippen molar-refractivity contribution in [1.82, 2.24) is 4.90 Å². The number of nitrogens with zero attached hydrogens (tertiary/aromatic N) is 2. The third kappa shape index (κ3) is 2.31. The van der Waals surface area contributed by atoms with Crippen molar-refractivity contribution < 1.29 is 4.79 Å². The number of hydrogen-bond acceptors (Lipinski definition) is 2. The highest BCUT2D eigenvalue weighted by atomic mass is 16.2. The smallest absolute Gasteiger partial charge is 0.243 e. The second-order valence-electron chi connectivity index (χ2n) is 6.06. The number of carbonyl (C=O) groups excluding carboxylic acids is 1. The molecule has 2 rings (SSSR count). The molecule has 1 aliphatic heterocycles. The number of carbonyl (C=O) groups is 1.